The van der Waals surface area contributed by atoms with E-state index in [-0.39, 0.29) is 31.8 Å². The molecule has 0 saturated carbocycles. The van der Waals surface area contributed by atoms with Crippen LogP contribution in [0.2, 0.25) is 0 Å². The first kappa shape index (κ1) is 18.7. The molecule has 0 aliphatic rings. The van der Waals surface area contributed by atoms with Gasteiger partial charge in [-0.1, -0.05) is 0 Å². The van der Waals surface area contributed by atoms with Gasteiger partial charge in [0.15, 0.2) is 5.96 Å². The average Bonchev–Trinajstić information content (AvgIpc) is 2.15. The molecule has 0 fully saturated rings. The summed E-state index contributed by atoms with van der Waals surface area (Å²) in [6, 6.07) is -1.35. The Kier molecular flexibility index (Phi) is 7.93. The molecule has 11 heteroatoms. The molecule has 0 bridgehead atoms. The molecule has 18 heavy (non-hydrogen) atoms. The summed E-state index contributed by atoms with van der Waals surface area (Å²) in [5, 5.41) is 28.5. The number of nitrogens with zero attached hydrogens (tertiary/aromatic N) is 2. The fourth-order valence-corrected chi connectivity index (χ4v) is 1.13. The Labute approximate surface area is 108 Å². The number of hydrogen-bond acceptors (Lipinski definition) is 6. The number of nitro groups is 1. The third-order valence-corrected chi connectivity index (χ3v) is 1.99. The first-order valence-electron chi connectivity index (χ1n) is 4.64. The lowest BCUT2D eigenvalue weighted by atomic mass is 10.0. The maximum absolute atomic E-state index is 10.8. The molecule has 1 unspecified atom stereocenters. The molecular formula is C7H16ClN5O5. The topological polar surface area (TPSA) is 191 Å². The number of rotatable bonds is 7. The molecule has 0 radical (unpaired) electrons. The van der Waals surface area contributed by atoms with Crippen molar-refractivity contribution in [2.24, 2.45) is 22.2 Å². The molecule has 0 aromatic carbocycles. The number of aliphatic hydroxyl groups is 1. The smallest absolute Gasteiger partial charge is 0.360 e. The molecular weight excluding hydrogens is 270 g/mol. The third kappa shape index (κ3) is 5.61. The van der Waals surface area contributed by atoms with Crippen LogP contribution in [0.5, 0.6) is 0 Å². The first-order chi connectivity index (χ1) is 7.70. The van der Waals surface area contributed by atoms with Gasteiger partial charge in [-0.3, -0.25) is 10.1 Å². The zero-order valence-electron chi connectivity index (χ0n) is 9.35. The summed E-state index contributed by atoms with van der Waals surface area (Å²) >= 11 is 0. The predicted molar refractivity (Wildman–Crippen MR) is 64.7 cm³/mol. The molecule has 0 rings (SSSR count). The molecule has 0 amide bonds. The zero-order chi connectivity index (χ0) is 13.6. The Morgan fingerprint density at radius 1 is 1.50 bits per heavy atom. The second kappa shape index (κ2) is 7.63. The number of nitrogens with two attached hydrogens (primary N) is 3. The molecule has 0 aliphatic carbocycles. The molecule has 0 aromatic heterocycles. The maximum atomic E-state index is 10.8. The molecule has 0 aliphatic heterocycles. The van der Waals surface area contributed by atoms with Crippen molar-refractivity contribution in [1.29, 1.82) is 0 Å². The van der Waals surface area contributed by atoms with Crippen LogP contribution in [0.25, 0.3) is 0 Å². The van der Waals surface area contributed by atoms with Crippen molar-refractivity contribution in [3.8, 4) is 0 Å². The van der Waals surface area contributed by atoms with Crippen LogP contribution >= 0.6 is 12.4 Å². The minimum Gasteiger partial charge on any atom is -0.478 e. The van der Waals surface area contributed by atoms with Gasteiger partial charge in [0, 0.05) is 11.3 Å². The lowest BCUT2D eigenvalue weighted by Crippen LogP contribution is -2.54. The number of hydrogen-bond donors (Lipinski definition) is 5. The van der Waals surface area contributed by atoms with Crippen LogP contribution in [0, 0.1) is 10.1 Å². The van der Waals surface area contributed by atoms with E-state index in [1.54, 1.807) is 0 Å². The number of aliphatic carboxylic acids is 1. The van der Waals surface area contributed by atoms with Gasteiger partial charge < -0.3 is 27.4 Å². The molecule has 0 heterocycles. The molecule has 8 N–H and O–H groups in total. The standard InChI is InChI=1S/C7H15N5O5.ClH/c8-4(2-1-3-12(16)17)7(15,5(13)14)11-6(9)10;/h4,15H,1-3,8H2,(H,13,14)(H4,9,10,11);1H/t4-,7?;/m0./s1. The highest BCUT2D eigenvalue weighted by Gasteiger charge is 2.42. The lowest BCUT2D eigenvalue weighted by Gasteiger charge is -2.25. The van der Waals surface area contributed by atoms with Crippen molar-refractivity contribution in [1.82, 2.24) is 0 Å². The van der Waals surface area contributed by atoms with Crippen LogP contribution in [0.15, 0.2) is 4.99 Å². The van der Waals surface area contributed by atoms with Crippen LogP contribution in [0.1, 0.15) is 12.8 Å². The number of aliphatic imine (C=N–C) groups is 1. The van der Waals surface area contributed by atoms with Gasteiger partial charge >= 0.3 is 5.97 Å². The summed E-state index contributed by atoms with van der Waals surface area (Å²) in [6.45, 7) is -0.384. The van der Waals surface area contributed by atoms with Crippen molar-refractivity contribution in [3.63, 3.8) is 0 Å². The second-order valence-electron chi connectivity index (χ2n) is 3.37. The van der Waals surface area contributed by atoms with E-state index in [0.717, 1.165) is 0 Å². The van der Waals surface area contributed by atoms with Crippen LogP contribution in [-0.2, 0) is 4.79 Å². The lowest BCUT2D eigenvalue weighted by molar-refractivity contribution is -0.480. The Morgan fingerprint density at radius 3 is 2.33 bits per heavy atom. The predicted octanol–water partition coefficient (Wildman–Crippen LogP) is -2.16. The Morgan fingerprint density at radius 2 is 2.00 bits per heavy atom. The second-order valence-corrected chi connectivity index (χ2v) is 3.37. The summed E-state index contributed by atoms with van der Waals surface area (Å²) < 4.78 is 0. The highest BCUT2D eigenvalue weighted by Crippen LogP contribution is 2.15. The number of carboxylic acids is 1. The highest BCUT2D eigenvalue weighted by molar-refractivity contribution is 5.85. The fraction of sp³-hybridized carbons (Fsp3) is 0.714. The quantitative estimate of drug-likeness (QED) is 0.151. The van der Waals surface area contributed by atoms with E-state index in [2.05, 4.69) is 4.99 Å². The molecule has 2 atom stereocenters. The van der Waals surface area contributed by atoms with E-state index in [4.69, 9.17) is 22.3 Å². The Bertz CT molecular complexity index is 334. The van der Waals surface area contributed by atoms with Gasteiger partial charge in [0.05, 0.1) is 6.04 Å². The van der Waals surface area contributed by atoms with Gasteiger partial charge in [-0.05, 0) is 6.42 Å². The summed E-state index contributed by atoms with van der Waals surface area (Å²) in [7, 11) is 0. The van der Waals surface area contributed by atoms with E-state index >= 15 is 0 Å². The van der Waals surface area contributed by atoms with Gasteiger partial charge in [0.1, 0.15) is 0 Å². The van der Waals surface area contributed by atoms with Crippen molar-refractivity contribution in [2.75, 3.05) is 6.54 Å². The summed E-state index contributed by atoms with van der Waals surface area (Å²) in [4.78, 5) is 23.4. The van der Waals surface area contributed by atoms with Gasteiger partial charge in [0.2, 0.25) is 6.54 Å². The summed E-state index contributed by atoms with van der Waals surface area (Å²) in [5.74, 6) is -2.36. The van der Waals surface area contributed by atoms with Gasteiger partial charge in [-0.15, -0.1) is 12.4 Å². The first-order valence-corrected chi connectivity index (χ1v) is 4.64. The van der Waals surface area contributed by atoms with Crippen molar-refractivity contribution in [2.45, 2.75) is 24.6 Å². The van der Waals surface area contributed by atoms with E-state index < -0.39 is 28.6 Å². The minimum absolute atomic E-state index is 0. The molecule has 106 valence electrons. The number of carbonyl (C=O) groups is 1. The van der Waals surface area contributed by atoms with E-state index in [9.17, 15) is 20.0 Å². The Balaban J connectivity index is 0. The largest absolute Gasteiger partial charge is 0.478 e. The minimum atomic E-state index is -2.67. The fourth-order valence-electron chi connectivity index (χ4n) is 1.13. The van der Waals surface area contributed by atoms with Crippen molar-refractivity contribution < 1.29 is 19.9 Å². The SMILES string of the molecule is Cl.NC(N)=NC(O)(C(=O)O)[C@@H](N)CCC[N+](=O)[O-]. The van der Waals surface area contributed by atoms with Gasteiger partial charge in [-0.2, -0.15) is 0 Å². The van der Waals surface area contributed by atoms with E-state index in [0.29, 0.717) is 0 Å². The normalized spacial score (nSPS) is 14.8. The molecule has 0 spiro atoms. The van der Waals surface area contributed by atoms with Crippen LogP contribution in [-0.4, -0.2) is 45.4 Å². The maximum Gasteiger partial charge on any atom is 0.360 e. The molecule has 10 nitrogen and oxygen atoms in total. The zero-order valence-corrected chi connectivity index (χ0v) is 10.2. The van der Waals surface area contributed by atoms with Crippen molar-refractivity contribution >= 4 is 24.3 Å². The van der Waals surface area contributed by atoms with Crippen LogP contribution < -0.4 is 17.2 Å². The van der Waals surface area contributed by atoms with Gasteiger partial charge in [0.25, 0.3) is 5.72 Å². The summed E-state index contributed by atoms with van der Waals surface area (Å²) in [5.41, 5.74) is 12.7. The summed E-state index contributed by atoms with van der Waals surface area (Å²) in [6.07, 6.45) is -0.107. The van der Waals surface area contributed by atoms with Crippen LogP contribution in [0.4, 0.5) is 0 Å². The van der Waals surface area contributed by atoms with E-state index in [1.165, 1.54) is 0 Å². The van der Waals surface area contributed by atoms with Gasteiger partial charge in [-0.25, -0.2) is 9.79 Å². The number of guanidine groups is 1. The average molecular weight is 286 g/mol. The van der Waals surface area contributed by atoms with Crippen molar-refractivity contribution in [3.05, 3.63) is 10.1 Å². The monoisotopic (exact) mass is 285 g/mol. The molecule has 0 saturated heterocycles. The molecule has 0 aromatic rings. The van der Waals surface area contributed by atoms with Crippen LogP contribution in [0.3, 0.4) is 0 Å². The van der Waals surface area contributed by atoms with E-state index in [1.807, 2.05) is 0 Å². The number of carboxylic acid groups (broad SMARTS) is 1. The Hall–Kier alpha value is -1.65. The highest BCUT2D eigenvalue weighted by atomic mass is 35.5. The number of halogens is 1. The third-order valence-electron chi connectivity index (χ3n) is 1.99.